The van der Waals surface area contributed by atoms with Crippen molar-refractivity contribution < 1.29 is 0 Å². The van der Waals surface area contributed by atoms with Crippen LogP contribution in [-0.4, -0.2) is 35.4 Å². The minimum absolute atomic E-state index is 0.600. The van der Waals surface area contributed by atoms with E-state index in [-0.39, 0.29) is 0 Å². The van der Waals surface area contributed by atoms with Gasteiger partial charge in [0, 0.05) is 18.4 Å². The zero-order valence-electron chi connectivity index (χ0n) is 19.8. The normalized spacial score (nSPS) is 11.4. The number of tetrazole rings is 1. The van der Waals surface area contributed by atoms with Gasteiger partial charge in [-0.15, -0.1) is 10.2 Å². The van der Waals surface area contributed by atoms with Crippen molar-refractivity contribution in [2.24, 2.45) is 5.92 Å². The van der Waals surface area contributed by atoms with E-state index in [4.69, 9.17) is 10.1 Å². The van der Waals surface area contributed by atoms with E-state index in [1.807, 2.05) is 12.1 Å². The first kappa shape index (κ1) is 22.8. The molecule has 0 unspecified atom stereocenters. The van der Waals surface area contributed by atoms with Crippen LogP contribution in [0.5, 0.6) is 0 Å². The fourth-order valence-electron chi connectivity index (χ4n) is 3.89. The highest BCUT2D eigenvalue weighted by Gasteiger charge is 2.12. The predicted octanol–water partition coefficient (Wildman–Crippen LogP) is 5.49. The molecule has 1 N–H and O–H groups in total. The van der Waals surface area contributed by atoms with Crippen LogP contribution < -0.4 is 0 Å². The van der Waals surface area contributed by atoms with Gasteiger partial charge >= 0.3 is 0 Å². The third-order valence-electron chi connectivity index (χ3n) is 5.83. The number of unbranched alkanes of at least 4 members (excludes halogenated alkanes) is 2. The molecule has 2 aromatic carbocycles. The summed E-state index contributed by atoms with van der Waals surface area (Å²) in [7, 11) is 0. The number of hydrogen-bond acceptors (Lipinski definition) is 5. The van der Waals surface area contributed by atoms with Gasteiger partial charge in [-0.2, -0.15) is 10.3 Å². The quantitative estimate of drug-likeness (QED) is 0.310. The third kappa shape index (κ3) is 6.12. The van der Waals surface area contributed by atoms with Gasteiger partial charge in [0.1, 0.15) is 5.82 Å². The molecule has 0 radical (unpaired) electrons. The summed E-state index contributed by atoms with van der Waals surface area (Å²) in [6.07, 6.45) is 6.66. The Kier molecular flexibility index (Phi) is 7.60. The summed E-state index contributed by atoms with van der Waals surface area (Å²) in [5.74, 6) is 3.35. The Morgan fingerprint density at radius 3 is 2.48 bits per heavy atom. The predicted molar refractivity (Wildman–Crippen MR) is 131 cm³/mol. The fourth-order valence-corrected chi connectivity index (χ4v) is 3.89. The summed E-state index contributed by atoms with van der Waals surface area (Å²) in [6, 6.07) is 16.9. The molecule has 2 aromatic heterocycles. The van der Waals surface area contributed by atoms with Crippen molar-refractivity contribution in [1.29, 1.82) is 0 Å². The second-order valence-electron chi connectivity index (χ2n) is 9.00. The molecule has 172 valence electrons. The highest BCUT2D eigenvalue weighted by molar-refractivity contribution is 5.70. The molecular weight excluding hydrogens is 410 g/mol. The monoisotopic (exact) mass is 443 g/mol. The van der Waals surface area contributed by atoms with Crippen molar-refractivity contribution >= 4 is 0 Å². The number of nitrogens with one attached hydrogen (secondary N) is 1. The first-order chi connectivity index (χ1) is 16.1. The summed E-state index contributed by atoms with van der Waals surface area (Å²) in [5.41, 5.74) is 4.45. The molecule has 0 amide bonds. The van der Waals surface area contributed by atoms with E-state index in [2.05, 4.69) is 82.5 Å². The van der Waals surface area contributed by atoms with Gasteiger partial charge < -0.3 is 0 Å². The van der Waals surface area contributed by atoms with E-state index in [1.54, 1.807) is 0 Å². The van der Waals surface area contributed by atoms with Crippen molar-refractivity contribution in [3.8, 4) is 22.5 Å². The number of hydrogen-bond donors (Lipinski definition) is 1. The maximum Gasteiger partial charge on any atom is 0.204 e. The number of aryl methyl sites for hydroxylation is 2. The van der Waals surface area contributed by atoms with Crippen molar-refractivity contribution in [2.45, 2.75) is 65.8 Å². The van der Waals surface area contributed by atoms with E-state index in [9.17, 15) is 0 Å². The summed E-state index contributed by atoms with van der Waals surface area (Å²) in [6.45, 7) is 7.48. The zero-order valence-corrected chi connectivity index (χ0v) is 19.8. The minimum Gasteiger partial charge on any atom is -0.245 e. The van der Waals surface area contributed by atoms with Crippen LogP contribution in [0.15, 0.2) is 48.5 Å². The molecule has 0 fully saturated rings. The molecule has 0 spiro atoms. The molecule has 0 saturated heterocycles. The second-order valence-corrected chi connectivity index (χ2v) is 9.00. The summed E-state index contributed by atoms with van der Waals surface area (Å²) < 4.78 is 2.11. The van der Waals surface area contributed by atoms with Gasteiger partial charge in [-0.1, -0.05) is 76.1 Å². The highest BCUT2D eigenvalue weighted by atomic mass is 15.5. The van der Waals surface area contributed by atoms with Crippen molar-refractivity contribution in [2.75, 3.05) is 0 Å². The Hall–Kier alpha value is -3.35. The molecule has 0 aliphatic heterocycles. The number of aromatic amines is 1. The first-order valence-electron chi connectivity index (χ1n) is 12.0. The second kappa shape index (κ2) is 11.0. The Morgan fingerprint density at radius 2 is 1.76 bits per heavy atom. The van der Waals surface area contributed by atoms with Gasteiger partial charge in [0.2, 0.25) is 5.82 Å². The molecule has 0 bridgehead atoms. The highest BCUT2D eigenvalue weighted by Crippen LogP contribution is 2.25. The summed E-state index contributed by atoms with van der Waals surface area (Å²) >= 11 is 0. The lowest BCUT2D eigenvalue weighted by atomic mass is 10.0. The number of rotatable bonds is 11. The first-order valence-corrected chi connectivity index (χ1v) is 12.0. The van der Waals surface area contributed by atoms with Crippen LogP contribution in [0.1, 0.15) is 63.7 Å². The molecule has 0 aliphatic carbocycles. The Bertz CT molecular complexity index is 1130. The van der Waals surface area contributed by atoms with E-state index in [0.717, 1.165) is 60.6 Å². The Labute approximate surface area is 195 Å². The van der Waals surface area contributed by atoms with Gasteiger partial charge in [0.15, 0.2) is 5.82 Å². The van der Waals surface area contributed by atoms with Crippen LogP contribution in [0.3, 0.4) is 0 Å². The Balaban J connectivity index is 1.49. The van der Waals surface area contributed by atoms with Crippen LogP contribution in [0.25, 0.3) is 22.5 Å². The molecule has 4 aromatic rings. The summed E-state index contributed by atoms with van der Waals surface area (Å²) in [5, 5.41) is 19.2. The van der Waals surface area contributed by atoms with Crippen molar-refractivity contribution in [1.82, 2.24) is 35.4 Å². The molecular formula is C26H33N7. The van der Waals surface area contributed by atoms with Gasteiger partial charge in [0.25, 0.3) is 0 Å². The van der Waals surface area contributed by atoms with Crippen LogP contribution in [-0.2, 0) is 19.4 Å². The number of H-pyrrole nitrogens is 1. The lowest BCUT2D eigenvalue weighted by Crippen LogP contribution is -2.07. The SMILES string of the molecule is CCCCCc1nc(CCC(C)C)nn1Cc1ccc(-c2cccc(-c3nn[nH]n3)c2)cc1. The average Bonchev–Trinajstić information content (AvgIpc) is 3.49. The zero-order chi connectivity index (χ0) is 23.0. The van der Waals surface area contributed by atoms with Gasteiger partial charge in [0.05, 0.1) is 6.54 Å². The van der Waals surface area contributed by atoms with Gasteiger partial charge in [-0.3, -0.25) is 0 Å². The molecule has 4 rings (SSSR count). The maximum absolute atomic E-state index is 4.88. The van der Waals surface area contributed by atoms with Crippen molar-refractivity contribution in [3.63, 3.8) is 0 Å². The lowest BCUT2D eigenvalue weighted by Gasteiger charge is -2.08. The van der Waals surface area contributed by atoms with Crippen molar-refractivity contribution in [3.05, 3.63) is 65.7 Å². The lowest BCUT2D eigenvalue weighted by molar-refractivity contribution is 0.567. The topological polar surface area (TPSA) is 85.2 Å². The maximum atomic E-state index is 4.88. The largest absolute Gasteiger partial charge is 0.245 e. The molecule has 0 aliphatic rings. The average molecular weight is 444 g/mol. The standard InChI is InChI=1S/C26H33N7/c1-4-5-6-10-25-27-24(16-11-19(2)3)30-33(25)18-20-12-14-21(15-13-20)22-8-7-9-23(17-22)26-28-31-32-29-26/h7-9,12-15,17,19H,4-6,10-11,16,18H2,1-3H3,(H,28,29,31,32). The van der Waals surface area contributed by atoms with E-state index in [0.29, 0.717) is 11.7 Å². The number of aromatic nitrogens is 7. The van der Waals surface area contributed by atoms with E-state index < -0.39 is 0 Å². The fraction of sp³-hybridized carbons (Fsp3) is 0.423. The van der Waals surface area contributed by atoms with Crippen LogP contribution in [0.4, 0.5) is 0 Å². The van der Waals surface area contributed by atoms with Crippen LogP contribution in [0.2, 0.25) is 0 Å². The molecule has 33 heavy (non-hydrogen) atoms. The minimum atomic E-state index is 0.600. The van der Waals surface area contributed by atoms with E-state index in [1.165, 1.54) is 18.4 Å². The smallest absolute Gasteiger partial charge is 0.204 e. The van der Waals surface area contributed by atoms with E-state index >= 15 is 0 Å². The molecule has 0 atom stereocenters. The number of benzene rings is 2. The molecule has 2 heterocycles. The molecule has 7 nitrogen and oxygen atoms in total. The Morgan fingerprint density at radius 1 is 0.939 bits per heavy atom. The molecule has 7 heteroatoms. The third-order valence-corrected chi connectivity index (χ3v) is 5.83. The summed E-state index contributed by atoms with van der Waals surface area (Å²) in [4.78, 5) is 4.88. The van der Waals surface area contributed by atoms with Gasteiger partial charge in [-0.25, -0.2) is 9.67 Å². The number of nitrogens with zero attached hydrogens (tertiary/aromatic N) is 6. The van der Waals surface area contributed by atoms with Gasteiger partial charge in [-0.05, 0) is 46.7 Å². The molecule has 0 saturated carbocycles. The van der Waals surface area contributed by atoms with Crippen LogP contribution >= 0.6 is 0 Å². The van der Waals surface area contributed by atoms with Crippen LogP contribution in [0, 0.1) is 5.92 Å².